The van der Waals surface area contributed by atoms with Crippen LogP contribution in [-0.2, 0) is 4.79 Å². The molecule has 2 aliphatic heterocycles. The van der Waals surface area contributed by atoms with Crippen LogP contribution in [0.1, 0.15) is 5.56 Å². The SMILES string of the molecule is Cc1ccc(N=C2SC(=C3Sc4ccc(Cl)cc4N3C)C(=O)N2c2ccc(F)cc2)cc1. The number of nitrogens with zero attached hydrogens (tertiary/aromatic N) is 3. The molecule has 2 heterocycles. The third-order valence-electron chi connectivity index (χ3n) is 5.11. The van der Waals surface area contributed by atoms with E-state index in [9.17, 15) is 9.18 Å². The van der Waals surface area contributed by atoms with Crippen LogP contribution in [0.2, 0.25) is 5.02 Å². The van der Waals surface area contributed by atoms with Gasteiger partial charge in [-0.05, 0) is 73.3 Å². The Kier molecular flexibility index (Phi) is 5.49. The fourth-order valence-corrected chi connectivity index (χ4v) is 5.94. The minimum Gasteiger partial charge on any atom is -0.337 e. The molecule has 3 aromatic carbocycles. The number of fused-ring (bicyclic) bond motifs is 1. The number of benzene rings is 3. The molecule has 1 amide bonds. The summed E-state index contributed by atoms with van der Waals surface area (Å²) >= 11 is 9.03. The molecular weight excluding hydrogens is 465 g/mol. The van der Waals surface area contributed by atoms with E-state index in [0.717, 1.165) is 26.9 Å². The van der Waals surface area contributed by atoms with Crippen LogP contribution in [0.4, 0.5) is 21.5 Å². The lowest BCUT2D eigenvalue weighted by Crippen LogP contribution is -2.29. The largest absolute Gasteiger partial charge is 0.337 e. The Morgan fingerprint density at radius 1 is 0.969 bits per heavy atom. The monoisotopic (exact) mass is 481 g/mol. The summed E-state index contributed by atoms with van der Waals surface area (Å²) in [5.74, 6) is -0.553. The number of anilines is 2. The maximum absolute atomic E-state index is 13.6. The van der Waals surface area contributed by atoms with Crippen LogP contribution >= 0.6 is 35.1 Å². The smallest absolute Gasteiger partial charge is 0.274 e. The Bertz CT molecular complexity index is 1290. The van der Waals surface area contributed by atoms with Crippen molar-refractivity contribution in [2.24, 2.45) is 4.99 Å². The number of carbonyl (C=O) groups excluding carboxylic acids is 1. The second kappa shape index (κ2) is 8.31. The number of carbonyl (C=O) groups is 1. The number of rotatable bonds is 2. The van der Waals surface area contributed by atoms with Crippen molar-refractivity contribution in [2.75, 3.05) is 16.8 Å². The van der Waals surface area contributed by atoms with Crippen LogP contribution in [0.15, 0.2) is 86.6 Å². The van der Waals surface area contributed by atoms with Gasteiger partial charge in [-0.25, -0.2) is 9.38 Å². The standard InChI is InChI=1S/C24H17ClFN3OS2/c1-14-3-8-17(9-4-14)27-24-29(18-10-6-16(26)7-11-18)22(30)21(32-24)23-28(2)19-13-15(25)5-12-20(19)31-23/h3-13H,1-2H3. The summed E-state index contributed by atoms with van der Waals surface area (Å²) in [6.07, 6.45) is 0. The Labute approximate surface area is 198 Å². The fourth-order valence-electron chi connectivity index (χ4n) is 3.44. The van der Waals surface area contributed by atoms with E-state index >= 15 is 0 Å². The molecule has 0 aromatic heterocycles. The van der Waals surface area contributed by atoms with Gasteiger partial charge >= 0.3 is 0 Å². The first-order valence-corrected chi connectivity index (χ1v) is 11.8. The second-order valence-electron chi connectivity index (χ2n) is 7.36. The molecule has 0 radical (unpaired) electrons. The number of hydrogen-bond acceptors (Lipinski definition) is 5. The highest BCUT2D eigenvalue weighted by atomic mass is 35.5. The highest BCUT2D eigenvalue weighted by Gasteiger charge is 2.40. The molecule has 0 bridgehead atoms. The number of thioether (sulfide) groups is 2. The summed E-state index contributed by atoms with van der Waals surface area (Å²) in [6, 6.07) is 19.3. The molecule has 0 spiro atoms. The zero-order chi connectivity index (χ0) is 22.4. The predicted octanol–water partition coefficient (Wildman–Crippen LogP) is 6.97. The van der Waals surface area contributed by atoms with Crippen molar-refractivity contribution < 1.29 is 9.18 Å². The lowest BCUT2D eigenvalue weighted by atomic mass is 10.2. The molecule has 4 nitrogen and oxygen atoms in total. The minimum atomic E-state index is -0.359. The van der Waals surface area contributed by atoms with Crippen molar-refractivity contribution in [3.8, 4) is 0 Å². The zero-order valence-corrected chi connectivity index (χ0v) is 19.6. The molecule has 32 heavy (non-hydrogen) atoms. The van der Waals surface area contributed by atoms with Gasteiger partial charge in [0.15, 0.2) is 5.17 Å². The number of amides is 1. The van der Waals surface area contributed by atoms with Crippen LogP contribution in [0.5, 0.6) is 0 Å². The summed E-state index contributed by atoms with van der Waals surface area (Å²) in [6.45, 7) is 2.01. The number of hydrogen-bond donors (Lipinski definition) is 0. The maximum Gasteiger partial charge on any atom is 0.274 e. The average molecular weight is 482 g/mol. The first-order valence-electron chi connectivity index (χ1n) is 9.79. The molecule has 0 atom stereocenters. The van der Waals surface area contributed by atoms with Crippen molar-refractivity contribution in [1.29, 1.82) is 0 Å². The number of aliphatic imine (C=N–C) groups is 1. The van der Waals surface area contributed by atoms with E-state index in [2.05, 4.69) is 0 Å². The average Bonchev–Trinajstić information content (AvgIpc) is 3.27. The van der Waals surface area contributed by atoms with Gasteiger partial charge in [-0.2, -0.15) is 0 Å². The van der Waals surface area contributed by atoms with E-state index in [1.54, 1.807) is 12.1 Å². The van der Waals surface area contributed by atoms with Crippen molar-refractivity contribution in [3.05, 3.63) is 93.1 Å². The lowest BCUT2D eigenvalue weighted by Gasteiger charge is -2.17. The quantitative estimate of drug-likeness (QED) is 0.370. The molecule has 2 aliphatic rings. The maximum atomic E-state index is 13.6. The van der Waals surface area contributed by atoms with E-state index in [0.29, 0.717) is 20.8 Å². The number of aryl methyl sites for hydroxylation is 1. The van der Waals surface area contributed by atoms with Gasteiger partial charge in [0, 0.05) is 17.0 Å². The van der Waals surface area contributed by atoms with Crippen molar-refractivity contribution in [2.45, 2.75) is 11.8 Å². The van der Waals surface area contributed by atoms with E-state index in [1.165, 1.54) is 40.6 Å². The molecule has 0 aliphatic carbocycles. The third-order valence-corrected chi connectivity index (χ3v) is 7.74. The van der Waals surface area contributed by atoms with Crippen molar-refractivity contribution in [3.63, 3.8) is 0 Å². The number of halogens is 2. The van der Waals surface area contributed by atoms with Gasteiger partial charge in [-0.1, -0.05) is 41.1 Å². The Morgan fingerprint density at radius 2 is 1.69 bits per heavy atom. The summed E-state index contributed by atoms with van der Waals surface area (Å²) in [4.78, 5) is 23.5. The van der Waals surface area contributed by atoms with Crippen LogP contribution < -0.4 is 9.80 Å². The summed E-state index contributed by atoms with van der Waals surface area (Å²) in [5.41, 5.74) is 3.39. The molecular formula is C24H17ClFN3OS2. The molecule has 160 valence electrons. The van der Waals surface area contributed by atoms with Crippen molar-refractivity contribution in [1.82, 2.24) is 0 Å². The first kappa shape index (κ1) is 21.1. The first-order chi connectivity index (χ1) is 15.4. The van der Waals surface area contributed by atoms with Gasteiger partial charge in [0.2, 0.25) is 0 Å². The van der Waals surface area contributed by atoms with E-state index in [4.69, 9.17) is 16.6 Å². The van der Waals surface area contributed by atoms with Gasteiger partial charge in [0.1, 0.15) is 10.7 Å². The molecule has 8 heteroatoms. The lowest BCUT2D eigenvalue weighted by molar-refractivity contribution is -0.113. The minimum absolute atomic E-state index is 0.194. The molecule has 0 unspecified atom stereocenters. The van der Waals surface area contributed by atoms with E-state index in [1.807, 2.05) is 61.3 Å². The van der Waals surface area contributed by atoms with Gasteiger partial charge in [0.25, 0.3) is 5.91 Å². The van der Waals surface area contributed by atoms with Crippen molar-refractivity contribution >= 4 is 63.3 Å². The Hall–Kier alpha value is -2.74. The Morgan fingerprint density at radius 3 is 2.41 bits per heavy atom. The molecule has 1 saturated heterocycles. The molecule has 0 N–H and O–H groups in total. The second-order valence-corrected chi connectivity index (χ2v) is 9.80. The highest BCUT2D eigenvalue weighted by Crippen LogP contribution is 2.51. The molecule has 5 rings (SSSR count). The van der Waals surface area contributed by atoms with Gasteiger partial charge in [-0.15, -0.1) is 0 Å². The number of amidine groups is 1. The highest BCUT2D eigenvalue weighted by molar-refractivity contribution is 8.20. The van der Waals surface area contributed by atoms with E-state index < -0.39 is 0 Å². The van der Waals surface area contributed by atoms with E-state index in [-0.39, 0.29) is 11.7 Å². The summed E-state index contributed by atoms with van der Waals surface area (Å²) < 4.78 is 13.5. The van der Waals surface area contributed by atoms with Gasteiger partial charge < -0.3 is 4.90 Å². The summed E-state index contributed by atoms with van der Waals surface area (Å²) in [7, 11) is 1.92. The Balaban J connectivity index is 1.60. The van der Waals surface area contributed by atoms with Crippen LogP contribution in [0.3, 0.4) is 0 Å². The van der Waals surface area contributed by atoms with Crippen LogP contribution in [0, 0.1) is 12.7 Å². The van der Waals surface area contributed by atoms with Crippen LogP contribution in [0.25, 0.3) is 0 Å². The topological polar surface area (TPSA) is 35.9 Å². The fraction of sp³-hybridized carbons (Fsp3) is 0.0833. The summed E-state index contributed by atoms with van der Waals surface area (Å²) in [5, 5.41) is 1.98. The molecule has 3 aromatic rings. The van der Waals surface area contributed by atoms with Gasteiger partial charge in [0.05, 0.1) is 22.1 Å². The van der Waals surface area contributed by atoms with Gasteiger partial charge in [-0.3, -0.25) is 9.69 Å². The third kappa shape index (κ3) is 3.81. The van der Waals surface area contributed by atoms with Crippen LogP contribution in [-0.4, -0.2) is 18.1 Å². The molecule has 0 saturated carbocycles. The predicted molar refractivity (Wildman–Crippen MR) is 132 cm³/mol. The molecule has 1 fully saturated rings. The zero-order valence-electron chi connectivity index (χ0n) is 17.2. The normalized spacial score (nSPS) is 19.2.